The Hall–Kier alpha value is -0.590. The van der Waals surface area contributed by atoms with Crippen molar-refractivity contribution in [2.24, 2.45) is 11.8 Å². The molecule has 0 amide bonds. The van der Waals surface area contributed by atoms with Gasteiger partial charge in [-0.2, -0.15) is 5.26 Å². The molecule has 0 heterocycles. The maximum absolute atomic E-state index is 9.83. The van der Waals surface area contributed by atoms with Gasteiger partial charge in [-0.05, 0) is 63.2 Å². The summed E-state index contributed by atoms with van der Waals surface area (Å²) >= 11 is 0. The van der Waals surface area contributed by atoms with Crippen molar-refractivity contribution in [3.63, 3.8) is 0 Å². The van der Waals surface area contributed by atoms with Crippen molar-refractivity contribution in [1.29, 1.82) is 5.26 Å². The summed E-state index contributed by atoms with van der Waals surface area (Å²) in [5.74, 6) is 1.57. The first-order chi connectivity index (χ1) is 9.29. The van der Waals surface area contributed by atoms with Crippen LogP contribution in [0.15, 0.2) is 0 Å². The summed E-state index contributed by atoms with van der Waals surface area (Å²) in [5.41, 5.74) is -0.224. The number of rotatable bonds is 8. The molecule has 4 aliphatic rings. The molecule has 104 valence electrons. The zero-order chi connectivity index (χ0) is 12.9. The molecule has 3 heteroatoms. The van der Waals surface area contributed by atoms with Gasteiger partial charge in [0.2, 0.25) is 0 Å². The van der Waals surface area contributed by atoms with Crippen LogP contribution in [0.4, 0.5) is 0 Å². The zero-order valence-electron chi connectivity index (χ0n) is 11.8. The molecule has 0 saturated heterocycles. The van der Waals surface area contributed by atoms with E-state index in [0.717, 1.165) is 18.5 Å². The third-order valence-electron chi connectivity index (χ3n) is 5.22. The van der Waals surface area contributed by atoms with Gasteiger partial charge in [0.15, 0.2) is 0 Å². The molecule has 3 nitrogen and oxygen atoms in total. The molecule has 1 atom stereocenters. The zero-order valence-corrected chi connectivity index (χ0v) is 11.8. The van der Waals surface area contributed by atoms with Crippen LogP contribution in [-0.2, 0) is 0 Å². The summed E-state index contributed by atoms with van der Waals surface area (Å²) in [5, 5.41) is 13.5. The lowest BCUT2D eigenvalue weighted by molar-refractivity contribution is 0.180. The van der Waals surface area contributed by atoms with Crippen molar-refractivity contribution >= 4 is 0 Å². The second-order valence-corrected chi connectivity index (χ2v) is 7.38. The highest BCUT2D eigenvalue weighted by Crippen LogP contribution is 2.44. The van der Waals surface area contributed by atoms with Crippen molar-refractivity contribution in [3.8, 4) is 6.07 Å². The molecule has 1 unspecified atom stereocenters. The number of nitrogens with zero attached hydrogens (tertiary/aromatic N) is 2. The standard InChI is InChI=1S/C16H25N3/c17-10-16(13-3-4-13,18-14-5-6-14)11-19(15-7-8-15)9-12-1-2-12/h12-15,18H,1-9,11H2. The average molecular weight is 259 g/mol. The van der Waals surface area contributed by atoms with E-state index in [1.807, 2.05) is 0 Å². The van der Waals surface area contributed by atoms with Crippen molar-refractivity contribution in [1.82, 2.24) is 10.2 Å². The maximum atomic E-state index is 9.83. The predicted molar refractivity (Wildman–Crippen MR) is 74.5 cm³/mol. The van der Waals surface area contributed by atoms with Crippen LogP contribution in [-0.4, -0.2) is 35.6 Å². The Morgan fingerprint density at radius 2 is 1.79 bits per heavy atom. The van der Waals surface area contributed by atoms with Gasteiger partial charge in [0.25, 0.3) is 0 Å². The molecule has 4 fully saturated rings. The summed E-state index contributed by atoms with van der Waals surface area (Å²) in [4.78, 5) is 2.66. The van der Waals surface area contributed by atoms with Crippen LogP contribution in [0.2, 0.25) is 0 Å². The van der Waals surface area contributed by atoms with Crippen molar-refractivity contribution < 1.29 is 0 Å². The smallest absolute Gasteiger partial charge is 0.122 e. The van der Waals surface area contributed by atoms with E-state index in [1.165, 1.54) is 57.9 Å². The molecule has 0 bridgehead atoms. The molecular weight excluding hydrogens is 234 g/mol. The Balaban J connectivity index is 1.46. The molecule has 0 aromatic rings. The van der Waals surface area contributed by atoms with Crippen LogP contribution in [0.3, 0.4) is 0 Å². The van der Waals surface area contributed by atoms with Gasteiger partial charge < -0.3 is 0 Å². The first-order valence-electron chi connectivity index (χ1n) is 8.22. The van der Waals surface area contributed by atoms with Crippen LogP contribution in [0.25, 0.3) is 0 Å². The van der Waals surface area contributed by atoms with Gasteiger partial charge in [-0.1, -0.05) is 0 Å². The van der Waals surface area contributed by atoms with Crippen LogP contribution < -0.4 is 5.32 Å². The monoisotopic (exact) mass is 259 g/mol. The Kier molecular flexibility index (Phi) is 2.86. The average Bonchev–Trinajstić information content (AvgIpc) is 3.26. The van der Waals surface area contributed by atoms with Crippen LogP contribution in [0.1, 0.15) is 51.4 Å². The summed E-state index contributed by atoms with van der Waals surface area (Å²) in [6, 6.07) is 4.14. The molecule has 4 aliphatic carbocycles. The minimum absolute atomic E-state index is 0.224. The SMILES string of the molecule is N#CC(CN(CC1CC1)C1CC1)(NC1CC1)C1CC1. The lowest BCUT2D eigenvalue weighted by atomic mass is 9.93. The van der Waals surface area contributed by atoms with Gasteiger partial charge in [-0.3, -0.25) is 10.2 Å². The van der Waals surface area contributed by atoms with Gasteiger partial charge in [-0.15, -0.1) is 0 Å². The van der Waals surface area contributed by atoms with Crippen molar-refractivity contribution in [2.45, 2.75) is 69.0 Å². The first kappa shape index (κ1) is 12.2. The number of nitrogens with one attached hydrogen (secondary N) is 1. The Morgan fingerprint density at radius 3 is 2.26 bits per heavy atom. The van der Waals surface area contributed by atoms with E-state index >= 15 is 0 Å². The Morgan fingerprint density at radius 1 is 1.05 bits per heavy atom. The molecule has 0 aliphatic heterocycles. The highest BCUT2D eigenvalue weighted by molar-refractivity contribution is 5.19. The summed E-state index contributed by atoms with van der Waals surface area (Å²) in [7, 11) is 0. The van der Waals surface area contributed by atoms with Gasteiger partial charge in [-0.25, -0.2) is 0 Å². The van der Waals surface area contributed by atoms with E-state index in [2.05, 4.69) is 16.3 Å². The van der Waals surface area contributed by atoms with E-state index in [0.29, 0.717) is 12.0 Å². The van der Waals surface area contributed by atoms with Gasteiger partial charge in [0.05, 0.1) is 6.07 Å². The van der Waals surface area contributed by atoms with Crippen LogP contribution >= 0.6 is 0 Å². The third-order valence-corrected chi connectivity index (χ3v) is 5.22. The Bertz CT molecular complexity index is 385. The van der Waals surface area contributed by atoms with Crippen molar-refractivity contribution in [3.05, 3.63) is 0 Å². The fourth-order valence-corrected chi connectivity index (χ4v) is 3.35. The lowest BCUT2D eigenvalue weighted by Gasteiger charge is -2.35. The lowest BCUT2D eigenvalue weighted by Crippen LogP contribution is -2.56. The van der Waals surface area contributed by atoms with E-state index in [-0.39, 0.29) is 5.54 Å². The van der Waals surface area contributed by atoms with E-state index in [9.17, 15) is 5.26 Å². The van der Waals surface area contributed by atoms with Crippen LogP contribution in [0.5, 0.6) is 0 Å². The van der Waals surface area contributed by atoms with Gasteiger partial charge >= 0.3 is 0 Å². The highest BCUT2D eigenvalue weighted by Gasteiger charge is 2.50. The summed E-state index contributed by atoms with van der Waals surface area (Å²) < 4.78 is 0. The highest BCUT2D eigenvalue weighted by atomic mass is 15.2. The molecule has 0 aromatic carbocycles. The molecule has 1 N–H and O–H groups in total. The van der Waals surface area contributed by atoms with E-state index in [1.54, 1.807) is 0 Å². The maximum Gasteiger partial charge on any atom is 0.122 e. The van der Waals surface area contributed by atoms with E-state index in [4.69, 9.17) is 0 Å². The number of nitriles is 1. The minimum Gasteiger partial charge on any atom is -0.297 e. The summed E-state index contributed by atoms with van der Waals surface area (Å²) in [6.45, 7) is 2.25. The Labute approximate surface area is 116 Å². The second-order valence-electron chi connectivity index (χ2n) is 7.38. The molecule has 0 aromatic heterocycles. The van der Waals surface area contributed by atoms with Crippen LogP contribution in [0, 0.1) is 23.2 Å². The topological polar surface area (TPSA) is 39.1 Å². The fourth-order valence-electron chi connectivity index (χ4n) is 3.35. The first-order valence-corrected chi connectivity index (χ1v) is 8.22. The predicted octanol–water partition coefficient (Wildman–Crippen LogP) is 2.29. The largest absolute Gasteiger partial charge is 0.297 e. The van der Waals surface area contributed by atoms with Crippen molar-refractivity contribution in [2.75, 3.05) is 13.1 Å². The van der Waals surface area contributed by atoms with E-state index < -0.39 is 0 Å². The van der Waals surface area contributed by atoms with Gasteiger partial charge in [0.1, 0.15) is 5.54 Å². The quantitative estimate of drug-likeness (QED) is 0.727. The molecule has 0 radical (unpaired) electrons. The molecular formula is C16H25N3. The summed E-state index contributed by atoms with van der Waals surface area (Å²) in [6.07, 6.45) is 10.6. The molecule has 19 heavy (non-hydrogen) atoms. The fraction of sp³-hybridized carbons (Fsp3) is 0.938. The molecule has 4 rings (SSSR count). The van der Waals surface area contributed by atoms with Gasteiger partial charge in [0, 0.05) is 25.2 Å². The second kappa shape index (κ2) is 4.46. The third kappa shape index (κ3) is 2.80. The normalized spacial score (nSPS) is 30.1. The molecule has 0 spiro atoms. The number of hydrogen-bond donors (Lipinski definition) is 1. The minimum atomic E-state index is -0.224. The molecule has 4 saturated carbocycles. The number of hydrogen-bond acceptors (Lipinski definition) is 3.